The van der Waals surface area contributed by atoms with E-state index in [1.807, 2.05) is 18.2 Å². The largest absolute Gasteiger partial charge is 0.397 e. The second-order valence-electron chi connectivity index (χ2n) is 4.88. The predicted molar refractivity (Wildman–Crippen MR) is 71.1 cm³/mol. The number of nitrogens with two attached hydrogens (primary N) is 1. The lowest BCUT2D eigenvalue weighted by atomic mass is 9.93. The second kappa shape index (κ2) is 4.54. The van der Waals surface area contributed by atoms with E-state index in [-0.39, 0.29) is 0 Å². The fourth-order valence-corrected chi connectivity index (χ4v) is 2.70. The van der Waals surface area contributed by atoms with Crippen LogP contribution in [0.3, 0.4) is 0 Å². The van der Waals surface area contributed by atoms with E-state index in [2.05, 4.69) is 18.7 Å². The molecule has 2 nitrogen and oxygen atoms in total. The van der Waals surface area contributed by atoms with Gasteiger partial charge in [0.25, 0.3) is 0 Å². The number of rotatable bonds is 1. The van der Waals surface area contributed by atoms with Crippen LogP contribution in [0.25, 0.3) is 0 Å². The number of hydrogen-bond acceptors (Lipinski definition) is 2. The molecule has 16 heavy (non-hydrogen) atoms. The van der Waals surface area contributed by atoms with Gasteiger partial charge in [-0.1, -0.05) is 18.5 Å². The standard InChI is InChI=1S/C13H19ClN2/c1-9-5-6-16(10(2)7-9)13-8-11(14)3-4-12(13)15/h3-4,8-10H,5-7,15H2,1-2H3. The monoisotopic (exact) mass is 238 g/mol. The summed E-state index contributed by atoms with van der Waals surface area (Å²) in [5.74, 6) is 0.812. The first-order chi connectivity index (χ1) is 7.58. The van der Waals surface area contributed by atoms with E-state index in [1.165, 1.54) is 12.8 Å². The van der Waals surface area contributed by atoms with Crippen molar-refractivity contribution in [2.24, 2.45) is 5.92 Å². The molecule has 88 valence electrons. The topological polar surface area (TPSA) is 29.3 Å². The number of benzene rings is 1. The van der Waals surface area contributed by atoms with Crippen molar-refractivity contribution in [3.8, 4) is 0 Å². The normalized spacial score (nSPS) is 25.8. The summed E-state index contributed by atoms with van der Waals surface area (Å²) in [6.45, 7) is 5.65. The molecule has 1 aromatic rings. The summed E-state index contributed by atoms with van der Waals surface area (Å²) in [7, 11) is 0. The average Bonchev–Trinajstić information content (AvgIpc) is 2.22. The SMILES string of the molecule is CC1CCN(c2cc(Cl)ccc2N)C(C)C1. The Balaban J connectivity index is 2.26. The molecule has 0 radical (unpaired) electrons. The van der Waals surface area contributed by atoms with E-state index in [0.29, 0.717) is 6.04 Å². The maximum atomic E-state index is 6.03. The van der Waals surface area contributed by atoms with Gasteiger partial charge in [-0.05, 0) is 43.9 Å². The van der Waals surface area contributed by atoms with E-state index < -0.39 is 0 Å². The summed E-state index contributed by atoms with van der Waals surface area (Å²) in [5.41, 5.74) is 7.93. The fourth-order valence-electron chi connectivity index (χ4n) is 2.53. The number of anilines is 2. The lowest BCUT2D eigenvalue weighted by Crippen LogP contribution is -2.40. The smallest absolute Gasteiger partial charge is 0.0617 e. The Morgan fingerprint density at radius 2 is 2.12 bits per heavy atom. The summed E-state index contributed by atoms with van der Waals surface area (Å²) in [4.78, 5) is 2.38. The third-order valence-electron chi connectivity index (χ3n) is 3.44. The molecule has 1 saturated heterocycles. The van der Waals surface area contributed by atoms with Gasteiger partial charge >= 0.3 is 0 Å². The zero-order chi connectivity index (χ0) is 11.7. The molecule has 2 atom stereocenters. The molecule has 2 N–H and O–H groups in total. The van der Waals surface area contributed by atoms with Crippen LogP contribution in [0.1, 0.15) is 26.7 Å². The Labute approximate surface area is 102 Å². The van der Waals surface area contributed by atoms with Gasteiger partial charge in [-0.3, -0.25) is 0 Å². The predicted octanol–water partition coefficient (Wildman–Crippen LogP) is 3.55. The van der Waals surface area contributed by atoms with E-state index in [1.54, 1.807) is 0 Å². The minimum atomic E-state index is 0.546. The molecule has 1 aromatic carbocycles. The lowest BCUT2D eigenvalue weighted by molar-refractivity contribution is 0.378. The molecule has 1 heterocycles. The van der Waals surface area contributed by atoms with Gasteiger partial charge in [0.1, 0.15) is 0 Å². The number of piperidine rings is 1. The van der Waals surface area contributed by atoms with E-state index in [0.717, 1.165) is 28.9 Å². The fraction of sp³-hybridized carbons (Fsp3) is 0.538. The molecular weight excluding hydrogens is 220 g/mol. The van der Waals surface area contributed by atoms with Crippen molar-refractivity contribution in [2.45, 2.75) is 32.7 Å². The van der Waals surface area contributed by atoms with Gasteiger partial charge < -0.3 is 10.6 Å². The number of halogens is 1. The van der Waals surface area contributed by atoms with Crippen molar-refractivity contribution in [1.29, 1.82) is 0 Å². The van der Waals surface area contributed by atoms with Crippen LogP contribution in [0.5, 0.6) is 0 Å². The summed E-state index contributed by atoms with van der Waals surface area (Å²) in [6.07, 6.45) is 2.46. The van der Waals surface area contributed by atoms with Gasteiger partial charge in [-0.25, -0.2) is 0 Å². The number of nitrogens with zero attached hydrogens (tertiary/aromatic N) is 1. The van der Waals surface area contributed by atoms with Gasteiger partial charge in [-0.15, -0.1) is 0 Å². The minimum Gasteiger partial charge on any atom is -0.397 e. The molecule has 0 aliphatic carbocycles. The van der Waals surface area contributed by atoms with Crippen LogP contribution in [-0.4, -0.2) is 12.6 Å². The van der Waals surface area contributed by atoms with Gasteiger partial charge in [-0.2, -0.15) is 0 Å². The number of nitrogen functional groups attached to an aromatic ring is 1. The lowest BCUT2D eigenvalue weighted by Gasteiger charge is -2.38. The minimum absolute atomic E-state index is 0.546. The van der Waals surface area contributed by atoms with Gasteiger partial charge in [0.05, 0.1) is 11.4 Å². The Bertz CT molecular complexity index is 378. The summed E-state index contributed by atoms with van der Waals surface area (Å²) in [6, 6.07) is 6.26. The van der Waals surface area contributed by atoms with Gasteiger partial charge in [0.15, 0.2) is 0 Å². The molecule has 0 bridgehead atoms. The quantitative estimate of drug-likeness (QED) is 0.759. The second-order valence-corrected chi connectivity index (χ2v) is 5.31. The molecular formula is C13H19ClN2. The van der Waals surface area contributed by atoms with Crippen LogP contribution in [-0.2, 0) is 0 Å². The van der Waals surface area contributed by atoms with Crippen molar-refractivity contribution in [3.63, 3.8) is 0 Å². The molecule has 0 spiro atoms. The van der Waals surface area contributed by atoms with Crippen molar-refractivity contribution < 1.29 is 0 Å². The highest BCUT2D eigenvalue weighted by molar-refractivity contribution is 6.31. The third-order valence-corrected chi connectivity index (χ3v) is 3.68. The van der Waals surface area contributed by atoms with Gasteiger partial charge in [0.2, 0.25) is 0 Å². The highest BCUT2D eigenvalue weighted by Gasteiger charge is 2.24. The highest BCUT2D eigenvalue weighted by Crippen LogP contribution is 2.33. The average molecular weight is 239 g/mol. The molecule has 0 aromatic heterocycles. The summed E-state index contributed by atoms with van der Waals surface area (Å²) >= 11 is 6.03. The van der Waals surface area contributed by atoms with Crippen LogP contribution in [0.4, 0.5) is 11.4 Å². The molecule has 1 aliphatic rings. The van der Waals surface area contributed by atoms with E-state index in [9.17, 15) is 0 Å². The maximum Gasteiger partial charge on any atom is 0.0617 e. The molecule has 2 rings (SSSR count). The summed E-state index contributed by atoms with van der Waals surface area (Å²) in [5, 5.41) is 0.759. The van der Waals surface area contributed by atoms with Gasteiger partial charge in [0, 0.05) is 17.6 Å². The molecule has 1 aliphatic heterocycles. The molecule has 0 amide bonds. The highest BCUT2D eigenvalue weighted by atomic mass is 35.5. The van der Waals surface area contributed by atoms with Crippen LogP contribution < -0.4 is 10.6 Å². The van der Waals surface area contributed by atoms with Crippen molar-refractivity contribution in [2.75, 3.05) is 17.2 Å². The zero-order valence-corrected chi connectivity index (χ0v) is 10.7. The van der Waals surface area contributed by atoms with Crippen LogP contribution in [0, 0.1) is 5.92 Å². The van der Waals surface area contributed by atoms with E-state index in [4.69, 9.17) is 17.3 Å². The Kier molecular flexibility index (Phi) is 3.29. The van der Waals surface area contributed by atoms with Crippen molar-refractivity contribution in [3.05, 3.63) is 23.2 Å². The van der Waals surface area contributed by atoms with Crippen LogP contribution >= 0.6 is 11.6 Å². The molecule has 1 fully saturated rings. The molecule has 0 saturated carbocycles. The molecule has 2 unspecified atom stereocenters. The Morgan fingerprint density at radius 1 is 1.38 bits per heavy atom. The van der Waals surface area contributed by atoms with E-state index >= 15 is 0 Å². The first-order valence-electron chi connectivity index (χ1n) is 5.89. The van der Waals surface area contributed by atoms with Crippen molar-refractivity contribution >= 4 is 23.0 Å². The van der Waals surface area contributed by atoms with Crippen LogP contribution in [0.2, 0.25) is 5.02 Å². The van der Waals surface area contributed by atoms with Crippen LogP contribution in [0.15, 0.2) is 18.2 Å². The Hall–Kier alpha value is -0.890. The number of hydrogen-bond donors (Lipinski definition) is 1. The first-order valence-corrected chi connectivity index (χ1v) is 6.27. The maximum absolute atomic E-state index is 6.03. The first kappa shape index (κ1) is 11.6. The third kappa shape index (κ3) is 2.27. The zero-order valence-electron chi connectivity index (χ0n) is 9.91. The summed E-state index contributed by atoms with van der Waals surface area (Å²) < 4.78 is 0. The van der Waals surface area contributed by atoms with Crippen molar-refractivity contribution in [1.82, 2.24) is 0 Å². The Morgan fingerprint density at radius 3 is 2.81 bits per heavy atom. The molecule has 3 heteroatoms.